The van der Waals surface area contributed by atoms with Gasteiger partial charge >= 0.3 is 6.03 Å². The summed E-state index contributed by atoms with van der Waals surface area (Å²) in [6, 6.07) is 9.54. The zero-order valence-corrected chi connectivity index (χ0v) is 17.7. The Kier molecular flexibility index (Phi) is 5.43. The number of hydrogen-bond acceptors (Lipinski definition) is 4. The smallest absolute Gasteiger partial charge is 0.316 e. The van der Waals surface area contributed by atoms with Gasteiger partial charge in [0.2, 0.25) is 0 Å². The lowest BCUT2D eigenvalue weighted by Crippen LogP contribution is -2.44. The number of hydrogen-bond donors (Lipinski definition) is 2. The minimum absolute atomic E-state index is 0.115. The van der Waals surface area contributed by atoms with Crippen molar-refractivity contribution >= 4 is 23.1 Å². The van der Waals surface area contributed by atoms with Crippen LogP contribution >= 0.6 is 0 Å². The average molecular weight is 405 g/mol. The fourth-order valence-corrected chi connectivity index (χ4v) is 3.98. The van der Waals surface area contributed by atoms with Crippen molar-refractivity contribution in [1.82, 2.24) is 15.2 Å². The van der Waals surface area contributed by atoms with E-state index in [9.17, 15) is 9.59 Å². The van der Waals surface area contributed by atoms with Crippen molar-refractivity contribution < 1.29 is 9.59 Å². The molecule has 2 aliphatic heterocycles. The molecule has 0 bridgehead atoms. The maximum Gasteiger partial charge on any atom is 0.322 e. The normalized spacial score (nSPS) is 18.6. The van der Waals surface area contributed by atoms with Gasteiger partial charge < -0.3 is 15.5 Å². The second-order valence-corrected chi connectivity index (χ2v) is 9.02. The third-order valence-corrected chi connectivity index (χ3v) is 5.71. The van der Waals surface area contributed by atoms with E-state index in [1.54, 1.807) is 11.1 Å². The standard InChI is InChI=1S/C24H28N4O2/c1-24(2,3)22(29)21-12-17(9-11-26-21)16-4-6-20(7-5-16)27-23(30)28-14-18-8-10-25-13-19(18)15-28/h4-10,13,21,26H,11-12,14-15H2,1-3H3,(H,27,30). The first-order valence-corrected chi connectivity index (χ1v) is 10.4. The summed E-state index contributed by atoms with van der Waals surface area (Å²) in [6.45, 7) is 7.75. The van der Waals surface area contributed by atoms with Crippen LogP contribution in [0.5, 0.6) is 0 Å². The molecule has 2 aromatic rings. The van der Waals surface area contributed by atoms with Gasteiger partial charge in [0.25, 0.3) is 0 Å². The largest absolute Gasteiger partial charge is 0.322 e. The minimum atomic E-state index is -0.362. The molecule has 2 N–H and O–H groups in total. The maximum absolute atomic E-state index is 12.6. The zero-order valence-electron chi connectivity index (χ0n) is 17.7. The second kappa shape index (κ2) is 8.03. The number of carbonyl (C=O) groups excluding carboxylic acids is 2. The molecule has 0 spiro atoms. The first-order valence-electron chi connectivity index (χ1n) is 10.4. The van der Waals surface area contributed by atoms with Crippen molar-refractivity contribution in [3.8, 4) is 0 Å². The fourth-order valence-electron chi connectivity index (χ4n) is 3.98. The van der Waals surface area contributed by atoms with Crippen LogP contribution in [-0.2, 0) is 17.9 Å². The summed E-state index contributed by atoms with van der Waals surface area (Å²) in [5.74, 6) is 0.235. The molecule has 156 valence electrons. The van der Waals surface area contributed by atoms with Crippen LogP contribution < -0.4 is 10.6 Å². The Morgan fingerprint density at radius 2 is 1.83 bits per heavy atom. The maximum atomic E-state index is 12.6. The first kappa shape index (κ1) is 20.3. The third kappa shape index (κ3) is 4.28. The Labute approximate surface area is 177 Å². The number of aromatic nitrogens is 1. The number of nitrogens with zero attached hydrogens (tertiary/aromatic N) is 2. The van der Waals surface area contributed by atoms with E-state index in [1.165, 1.54) is 0 Å². The second-order valence-electron chi connectivity index (χ2n) is 9.02. The number of pyridine rings is 1. The van der Waals surface area contributed by atoms with Crippen molar-refractivity contribution in [2.24, 2.45) is 5.41 Å². The van der Waals surface area contributed by atoms with Crippen molar-refractivity contribution in [3.63, 3.8) is 0 Å². The summed E-state index contributed by atoms with van der Waals surface area (Å²) in [6.07, 6.45) is 6.40. The number of benzene rings is 1. The van der Waals surface area contributed by atoms with E-state index in [0.717, 1.165) is 28.0 Å². The molecular weight excluding hydrogens is 376 g/mol. The molecular formula is C24H28N4O2. The molecule has 1 atom stereocenters. The van der Waals surface area contributed by atoms with Crippen molar-refractivity contribution in [1.29, 1.82) is 0 Å². The van der Waals surface area contributed by atoms with E-state index in [-0.39, 0.29) is 23.3 Å². The van der Waals surface area contributed by atoms with Crippen LogP contribution in [0.1, 0.15) is 43.9 Å². The monoisotopic (exact) mass is 404 g/mol. The lowest BCUT2D eigenvalue weighted by Gasteiger charge is -2.29. The number of ketones is 1. The average Bonchev–Trinajstić information content (AvgIpc) is 3.18. The van der Waals surface area contributed by atoms with Crippen LogP contribution in [0, 0.1) is 5.41 Å². The van der Waals surface area contributed by atoms with Gasteiger partial charge in [-0.1, -0.05) is 39.0 Å². The zero-order chi connectivity index (χ0) is 21.3. The third-order valence-electron chi connectivity index (χ3n) is 5.71. The molecule has 0 aliphatic carbocycles. The van der Waals surface area contributed by atoms with Gasteiger partial charge in [0, 0.05) is 43.1 Å². The van der Waals surface area contributed by atoms with E-state index < -0.39 is 0 Å². The summed E-state index contributed by atoms with van der Waals surface area (Å²) in [7, 11) is 0. The molecule has 2 aliphatic rings. The number of carbonyl (C=O) groups is 2. The number of rotatable bonds is 3. The predicted molar refractivity (Wildman–Crippen MR) is 118 cm³/mol. The lowest BCUT2D eigenvalue weighted by atomic mass is 9.82. The first-order chi connectivity index (χ1) is 14.3. The summed E-state index contributed by atoms with van der Waals surface area (Å²) in [5, 5.41) is 6.28. The number of fused-ring (bicyclic) bond motifs is 1. The molecule has 0 radical (unpaired) electrons. The van der Waals surface area contributed by atoms with Crippen LogP contribution in [0.4, 0.5) is 10.5 Å². The lowest BCUT2D eigenvalue weighted by molar-refractivity contribution is -0.128. The number of urea groups is 1. The van der Waals surface area contributed by atoms with Gasteiger partial charge in [-0.2, -0.15) is 0 Å². The van der Waals surface area contributed by atoms with Gasteiger partial charge in [-0.05, 0) is 46.9 Å². The van der Waals surface area contributed by atoms with Gasteiger partial charge in [0.05, 0.1) is 6.04 Å². The van der Waals surface area contributed by atoms with Crippen molar-refractivity contribution in [2.75, 3.05) is 11.9 Å². The Hall–Kier alpha value is -2.99. The van der Waals surface area contributed by atoms with Gasteiger partial charge in [0.1, 0.15) is 0 Å². The summed E-state index contributed by atoms with van der Waals surface area (Å²) < 4.78 is 0. The highest BCUT2D eigenvalue weighted by Gasteiger charge is 2.31. The molecule has 3 heterocycles. The Morgan fingerprint density at radius 3 is 2.53 bits per heavy atom. The van der Waals surface area contributed by atoms with Gasteiger partial charge in [-0.3, -0.25) is 9.78 Å². The molecule has 4 rings (SSSR count). The quantitative estimate of drug-likeness (QED) is 0.811. The fraction of sp³-hybridized carbons (Fsp3) is 0.375. The number of amides is 2. The van der Waals surface area contributed by atoms with Gasteiger partial charge in [-0.25, -0.2) is 4.79 Å². The van der Waals surface area contributed by atoms with Crippen LogP contribution in [0.2, 0.25) is 0 Å². The molecule has 30 heavy (non-hydrogen) atoms. The van der Waals surface area contributed by atoms with Crippen LogP contribution in [-0.4, -0.2) is 34.3 Å². The Balaban J connectivity index is 1.38. The Bertz CT molecular complexity index is 964. The predicted octanol–water partition coefficient (Wildman–Crippen LogP) is 3.99. The molecule has 1 aromatic heterocycles. The SMILES string of the molecule is CC(C)(C)C(=O)C1CC(c2ccc(NC(=O)N3Cc4ccncc4C3)cc2)=CCN1. The van der Waals surface area contributed by atoms with Crippen molar-refractivity contribution in [2.45, 2.75) is 46.3 Å². The molecule has 6 nitrogen and oxygen atoms in total. The molecule has 0 saturated carbocycles. The number of Topliss-reactive ketones (excluding diaryl/α,β-unsaturated/α-hetero) is 1. The summed E-state index contributed by atoms with van der Waals surface area (Å²) in [4.78, 5) is 31.2. The molecule has 1 aromatic carbocycles. The van der Waals surface area contributed by atoms with Crippen molar-refractivity contribution in [3.05, 3.63) is 65.5 Å². The number of nitrogens with one attached hydrogen (secondary N) is 2. The summed E-state index contributed by atoms with van der Waals surface area (Å²) in [5.41, 5.74) is 4.89. The van der Waals surface area contributed by atoms with E-state index in [4.69, 9.17) is 0 Å². The summed E-state index contributed by atoms with van der Waals surface area (Å²) >= 11 is 0. The van der Waals surface area contributed by atoms with E-state index in [2.05, 4.69) is 21.7 Å². The molecule has 2 amide bonds. The molecule has 0 fully saturated rings. The minimum Gasteiger partial charge on any atom is -0.316 e. The molecule has 0 saturated heterocycles. The highest BCUT2D eigenvalue weighted by Crippen LogP contribution is 2.28. The van der Waals surface area contributed by atoms with Crippen LogP contribution in [0.3, 0.4) is 0 Å². The van der Waals surface area contributed by atoms with Crippen LogP contribution in [0.25, 0.3) is 5.57 Å². The highest BCUT2D eigenvalue weighted by atomic mass is 16.2. The topological polar surface area (TPSA) is 74.3 Å². The van der Waals surface area contributed by atoms with Gasteiger partial charge in [0.15, 0.2) is 5.78 Å². The van der Waals surface area contributed by atoms with E-state index >= 15 is 0 Å². The van der Waals surface area contributed by atoms with Crippen LogP contribution in [0.15, 0.2) is 48.8 Å². The molecule has 1 unspecified atom stereocenters. The van der Waals surface area contributed by atoms with Gasteiger partial charge in [-0.15, -0.1) is 0 Å². The highest BCUT2D eigenvalue weighted by molar-refractivity contribution is 5.92. The Morgan fingerprint density at radius 1 is 1.10 bits per heavy atom. The number of anilines is 1. The van der Waals surface area contributed by atoms with E-state index in [1.807, 2.05) is 57.3 Å². The van der Waals surface area contributed by atoms with E-state index in [0.29, 0.717) is 26.1 Å². The molecule has 6 heteroatoms.